The molecule has 1 aromatic rings. The van der Waals surface area contributed by atoms with Gasteiger partial charge in [0.1, 0.15) is 11.9 Å². The molecule has 0 spiro atoms. The van der Waals surface area contributed by atoms with Crippen LogP contribution in [0, 0.1) is 5.82 Å². The average Bonchev–Trinajstić information content (AvgIpc) is 2.42. The standard InChI is InChI=1S/C14H21FN2O3/c1-3-6-19-7-8-20-10(2)14(18)17-13-9-11(16)4-5-12(13)15/h4-5,9-10H,3,6-8,16H2,1-2H3,(H,17,18). The molecule has 0 saturated carbocycles. The number of nitrogens with two attached hydrogens (primary N) is 1. The second-order valence-corrected chi connectivity index (χ2v) is 4.35. The van der Waals surface area contributed by atoms with E-state index in [0.29, 0.717) is 25.5 Å². The Hall–Kier alpha value is -1.66. The first-order valence-corrected chi connectivity index (χ1v) is 6.59. The van der Waals surface area contributed by atoms with Crippen molar-refractivity contribution in [1.82, 2.24) is 0 Å². The predicted octanol–water partition coefficient (Wildman–Crippen LogP) is 2.18. The number of carbonyl (C=O) groups is 1. The van der Waals surface area contributed by atoms with Crippen LogP contribution in [0.1, 0.15) is 20.3 Å². The molecule has 6 heteroatoms. The van der Waals surface area contributed by atoms with Gasteiger partial charge in [-0.2, -0.15) is 0 Å². The van der Waals surface area contributed by atoms with Gasteiger partial charge >= 0.3 is 0 Å². The SMILES string of the molecule is CCCOCCOC(C)C(=O)Nc1cc(N)ccc1F. The van der Waals surface area contributed by atoms with Crippen molar-refractivity contribution >= 4 is 17.3 Å². The van der Waals surface area contributed by atoms with Crippen molar-refractivity contribution < 1.29 is 18.7 Å². The van der Waals surface area contributed by atoms with E-state index in [1.54, 1.807) is 6.92 Å². The molecule has 0 heterocycles. The average molecular weight is 284 g/mol. The fourth-order valence-electron chi connectivity index (χ4n) is 1.48. The molecule has 0 aliphatic heterocycles. The molecular formula is C14H21FN2O3. The van der Waals surface area contributed by atoms with Gasteiger partial charge in [-0.3, -0.25) is 4.79 Å². The second kappa shape index (κ2) is 8.50. The second-order valence-electron chi connectivity index (χ2n) is 4.35. The first-order valence-electron chi connectivity index (χ1n) is 6.59. The van der Waals surface area contributed by atoms with Crippen LogP contribution in [0.15, 0.2) is 18.2 Å². The van der Waals surface area contributed by atoms with Gasteiger partial charge in [-0.15, -0.1) is 0 Å². The minimum atomic E-state index is -0.693. The summed E-state index contributed by atoms with van der Waals surface area (Å²) in [4.78, 5) is 11.8. The summed E-state index contributed by atoms with van der Waals surface area (Å²) in [5.74, 6) is -0.962. The van der Waals surface area contributed by atoms with Crippen molar-refractivity contribution in [3.8, 4) is 0 Å². The Morgan fingerprint density at radius 2 is 2.15 bits per heavy atom. The maximum Gasteiger partial charge on any atom is 0.253 e. The lowest BCUT2D eigenvalue weighted by Crippen LogP contribution is -2.29. The summed E-state index contributed by atoms with van der Waals surface area (Å²) in [7, 11) is 0. The molecule has 0 aliphatic carbocycles. The summed E-state index contributed by atoms with van der Waals surface area (Å²) in [6.07, 6.45) is 0.242. The molecule has 0 saturated heterocycles. The predicted molar refractivity (Wildman–Crippen MR) is 76.0 cm³/mol. The van der Waals surface area contributed by atoms with E-state index in [9.17, 15) is 9.18 Å². The molecule has 1 unspecified atom stereocenters. The number of nitrogens with one attached hydrogen (secondary N) is 1. The molecule has 1 rings (SSSR count). The lowest BCUT2D eigenvalue weighted by Gasteiger charge is -2.14. The van der Waals surface area contributed by atoms with Crippen LogP contribution < -0.4 is 11.1 Å². The minimum Gasteiger partial charge on any atom is -0.399 e. The molecule has 0 radical (unpaired) electrons. The monoisotopic (exact) mass is 284 g/mol. The molecule has 112 valence electrons. The Morgan fingerprint density at radius 1 is 1.40 bits per heavy atom. The lowest BCUT2D eigenvalue weighted by atomic mass is 10.2. The van der Waals surface area contributed by atoms with Crippen LogP contribution in [0.4, 0.5) is 15.8 Å². The summed E-state index contributed by atoms with van der Waals surface area (Å²) in [5, 5.41) is 2.44. The topological polar surface area (TPSA) is 73.6 Å². The van der Waals surface area contributed by atoms with E-state index in [2.05, 4.69) is 5.32 Å². The summed E-state index contributed by atoms with van der Waals surface area (Å²) < 4.78 is 24.0. The van der Waals surface area contributed by atoms with Crippen LogP contribution in [-0.2, 0) is 14.3 Å². The van der Waals surface area contributed by atoms with Gasteiger partial charge < -0.3 is 20.5 Å². The zero-order valence-corrected chi connectivity index (χ0v) is 11.8. The highest BCUT2D eigenvalue weighted by atomic mass is 19.1. The fraction of sp³-hybridized carbons (Fsp3) is 0.500. The molecule has 3 N–H and O–H groups in total. The Kier molecular flexibility index (Phi) is 6.97. The van der Waals surface area contributed by atoms with Crippen LogP contribution in [-0.4, -0.2) is 31.8 Å². The first-order chi connectivity index (χ1) is 9.54. The van der Waals surface area contributed by atoms with Crippen LogP contribution >= 0.6 is 0 Å². The lowest BCUT2D eigenvalue weighted by molar-refractivity contribution is -0.127. The number of anilines is 2. The largest absolute Gasteiger partial charge is 0.399 e. The van der Waals surface area contributed by atoms with Gasteiger partial charge in [0.2, 0.25) is 0 Å². The van der Waals surface area contributed by atoms with Crippen LogP contribution in [0.2, 0.25) is 0 Å². The van der Waals surface area contributed by atoms with Crippen molar-refractivity contribution in [3.63, 3.8) is 0 Å². The highest BCUT2D eigenvalue weighted by molar-refractivity contribution is 5.94. The van der Waals surface area contributed by atoms with E-state index < -0.39 is 17.8 Å². The third-order valence-electron chi connectivity index (χ3n) is 2.56. The van der Waals surface area contributed by atoms with Gasteiger partial charge in [0.25, 0.3) is 5.91 Å². The van der Waals surface area contributed by atoms with Crippen LogP contribution in [0.3, 0.4) is 0 Å². The quantitative estimate of drug-likeness (QED) is 0.567. The number of hydrogen-bond acceptors (Lipinski definition) is 4. The molecule has 1 amide bonds. The van der Waals surface area contributed by atoms with E-state index in [1.807, 2.05) is 6.92 Å². The highest BCUT2D eigenvalue weighted by Gasteiger charge is 2.15. The fourth-order valence-corrected chi connectivity index (χ4v) is 1.48. The zero-order valence-electron chi connectivity index (χ0n) is 11.8. The summed E-state index contributed by atoms with van der Waals surface area (Å²) in [6, 6.07) is 4.00. The maximum atomic E-state index is 13.5. The third kappa shape index (κ3) is 5.54. The molecule has 5 nitrogen and oxygen atoms in total. The maximum absolute atomic E-state index is 13.5. The van der Waals surface area contributed by atoms with Crippen LogP contribution in [0.5, 0.6) is 0 Å². The molecule has 0 bridgehead atoms. The van der Waals surface area contributed by atoms with E-state index in [0.717, 1.165) is 6.42 Å². The van der Waals surface area contributed by atoms with Crippen molar-refractivity contribution in [3.05, 3.63) is 24.0 Å². The Balaban J connectivity index is 2.39. The zero-order chi connectivity index (χ0) is 15.0. The number of halogens is 1. The van der Waals surface area contributed by atoms with E-state index in [-0.39, 0.29) is 5.69 Å². The number of carbonyl (C=O) groups excluding carboxylic acids is 1. The number of benzene rings is 1. The van der Waals surface area contributed by atoms with Crippen LogP contribution in [0.25, 0.3) is 0 Å². The Bertz CT molecular complexity index is 440. The highest BCUT2D eigenvalue weighted by Crippen LogP contribution is 2.17. The molecule has 0 aromatic heterocycles. The van der Waals surface area contributed by atoms with Crippen molar-refractivity contribution in [2.24, 2.45) is 0 Å². The minimum absolute atomic E-state index is 0.0488. The van der Waals surface area contributed by atoms with Crippen molar-refractivity contribution in [1.29, 1.82) is 0 Å². The smallest absolute Gasteiger partial charge is 0.253 e. The van der Waals surface area contributed by atoms with E-state index in [1.165, 1.54) is 18.2 Å². The first kappa shape index (κ1) is 16.4. The number of amides is 1. The van der Waals surface area contributed by atoms with E-state index >= 15 is 0 Å². The normalized spacial score (nSPS) is 12.2. The number of nitrogen functional groups attached to an aromatic ring is 1. The molecule has 1 atom stereocenters. The van der Waals surface area contributed by atoms with Gasteiger partial charge in [0, 0.05) is 12.3 Å². The molecular weight excluding hydrogens is 263 g/mol. The Morgan fingerprint density at radius 3 is 2.85 bits per heavy atom. The molecule has 0 fully saturated rings. The molecule has 1 aromatic carbocycles. The molecule has 20 heavy (non-hydrogen) atoms. The Labute approximate surface area is 118 Å². The third-order valence-corrected chi connectivity index (χ3v) is 2.56. The van der Waals surface area contributed by atoms with Gasteiger partial charge in [-0.25, -0.2) is 4.39 Å². The summed E-state index contributed by atoms with van der Waals surface area (Å²) >= 11 is 0. The van der Waals surface area contributed by atoms with Gasteiger partial charge in [0.05, 0.1) is 18.9 Å². The summed E-state index contributed by atoms with van der Waals surface area (Å²) in [5.41, 5.74) is 5.97. The van der Waals surface area contributed by atoms with Gasteiger partial charge in [-0.1, -0.05) is 6.92 Å². The number of rotatable bonds is 8. The molecule has 0 aliphatic rings. The summed E-state index contributed by atoms with van der Waals surface area (Å²) in [6.45, 7) is 5.01. The van der Waals surface area contributed by atoms with Crippen molar-refractivity contribution in [2.45, 2.75) is 26.4 Å². The van der Waals surface area contributed by atoms with Crippen molar-refractivity contribution in [2.75, 3.05) is 30.9 Å². The van der Waals surface area contributed by atoms with Gasteiger partial charge in [-0.05, 0) is 31.5 Å². The number of hydrogen-bond donors (Lipinski definition) is 2. The number of ether oxygens (including phenoxy) is 2. The van der Waals surface area contributed by atoms with Gasteiger partial charge in [0.15, 0.2) is 0 Å². The van der Waals surface area contributed by atoms with E-state index in [4.69, 9.17) is 15.2 Å².